The van der Waals surface area contributed by atoms with Gasteiger partial charge in [0.05, 0.1) is 11.6 Å². The molecule has 0 radical (unpaired) electrons. The first-order chi connectivity index (χ1) is 15.2. The van der Waals surface area contributed by atoms with Gasteiger partial charge in [-0.05, 0) is 43.2 Å². The van der Waals surface area contributed by atoms with E-state index in [-0.39, 0.29) is 11.7 Å². The normalized spacial score (nSPS) is 18.4. The molecule has 1 aliphatic heterocycles. The molecule has 1 amide bonds. The zero-order valence-corrected chi connectivity index (χ0v) is 17.5. The largest absolute Gasteiger partial charge is 0.464 e. The minimum Gasteiger partial charge on any atom is -0.464 e. The van der Waals surface area contributed by atoms with Gasteiger partial charge < -0.3 is 14.6 Å². The zero-order valence-electron chi connectivity index (χ0n) is 17.5. The lowest BCUT2D eigenvalue weighted by Gasteiger charge is -2.40. The Kier molecular flexibility index (Phi) is 5.59. The Morgan fingerprint density at radius 3 is 2.52 bits per heavy atom. The average Bonchev–Trinajstić information content (AvgIpc) is 3.30. The number of anilines is 2. The fourth-order valence-electron chi connectivity index (χ4n) is 4.74. The lowest BCUT2D eigenvalue weighted by Crippen LogP contribution is -2.52. The molecule has 0 spiro atoms. The molecule has 2 aliphatic rings. The van der Waals surface area contributed by atoms with Gasteiger partial charge in [0.1, 0.15) is 22.9 Å². The molecule has 0 atom stereocenters. The molecule has 1 saturated carbocycles. The summed E-state index contributed by atoms with van der Waals surface area (Å²) in [5.41, 5.74) is 1.66. The van der Waals surface area contributed by atoms with Crippen molar-refractivity contribution in [2.45, 2.75) is 38.1 Å². The van der Waals surface area contributed by atoms with Crippen LogP contribution in [-0.4, -0.2) is 52.9 Å². The van der Waals surface area contributed by atoms with E-state index in [1.54, 1.807) is 24.5 Å². The lowest BCUT2D eigenvalue weighted by molar-refractivity contribution is 0.0518. The van der Waals surface area contributed by atoms with Crippen molar-refractivity contribution in [2.75, 3.05) is 31.5 Å². The summed E-state index contributed by atoms with van der Waals surface area (Å²) in [4.78, 5) is 22.3. The van der Waals surface area contributed by atoms with E-state index in [1.807, 2.05) is 11.0 Å². The van der Waals surface area contributed by atoms with Crippen LogP contribution in [0.3, 0.4) is 0 Å². The monoisotopic (exact) mass is 422 g/mol. The van der Waals surface area contributed by atoms with Crippen molar-refractivity contribution < 1.29 is 13.6 Å². The van der Waals surface area contributed by atoms with Crippen LogP contribution in [0.5, 0.6) is 0 Å². The molecule has 5 rings (SSSR count). The number of furan rings is 1. The van der Waals surface area contributed by atoms with Crippen molar-refractivity contribution >= 4 is 28.4 Å². The number of carbonyl (C=O) groups is 1. The Balaban J connectivity index is 1.32. The van der Waals surface area contributed by atoms with Gasteiger partial charge in [-0.1, -0.05) is 19.3 Å². The molecule has 2 fully saturated rings. The third-order valence-corrected chi connectivity index (χ3v) is 6.47. The Labute approximate surface area is 181 Å². The number of hydrogen-bond acceptors (Lipinski definition) is 5. The van der Waals surface area contributed by atoms with Crippen LogP contribution in [0.25, 0.3) is 11.0 Å². The fraction of sp³-hybridized carbons (Fsp3) is 0.417. The van der Waals surface area contributed by atoms with Gasteiger partial charge in [0.25, 0.3) is 5.91 Å². The highest BCUT2D eigenvalue weighted by Crippen LogP contribution is 2.28. The van der Waals surface area contributed by atoms with Gasteiger partial charge in [0.15, 0.2) is 0 Å². The number of fused-ring (bicyclic) bond motifs is 1. The van der Waals surface area contributed by atoms with E-state index in [1.165, 1.54) is 44.2 Å². The lowest BCUT2D eigenvalue weighted by atomic mass is 9.94. The second-order valence-corrected chi connectivity index (χ2v) is 8.44. The number of nitrogens with one attached hydrogen (secondary N) is 1. The first-order valence-electron chi connectivity index (χ1n) is 11.1. The Hall–Kier alpha value is -2.93. The highest BCUT2D eigenvalue weighted by atomic mass is 19.1. The van der Waals surface area contributed by atoms with Crippen LogP contribution in [0, 0.1) is 5.82 Å². The SMILES string of the molecule is O=C(c1cc2occc2c(Nc2ccc(F)cc2)n1)N1CCN(C2CCCCC2)CC1. The summed E-state index contributed by atoms with van der Waals surface area (Å²) < 4.78 is 18.8. The minimum atomic E-state index is -0.303. The second-order valence-electron chi connectivity index (χ2n) is 8.44. The van der Waals surface area contributed by atoms with Gasteiger partial charge in [-0.3, -0.25) is 9.69 Å². The minimum absolute atomic E-state index is 0.0799. The molecule has 0 bridgehead atoms. The number of rotatable bonds is 4. The van der Waals surface area contributed by atoms with Crippen LogP contribution >= 0.6 is 0 Å². The summed E-state index contributed by atoms with van der Waals surface area (Å²) >= 11 is 0. The van der Waals surface area contributed by atoms with E-state index >= 15 is 0 Å². The van der Waals surface area contributed by atoms with Crippen molar-refractivity contribution in [3.8, 4) is 0 Å². The molecule has 6 nitrogen and oxygen atoms in total. The fourth-order valence-corrected chi connectivity index (χ4v) is 4.74. The number of amides is 1. The Morgan fingerprint density at radius 1 is 1.03 bits per heavy atom. The van der Waals surface area contributed by atoms with E-state index in [2.05, 4.69) is 15.2 Å². The quantitative estimate of drug-likeness (QED) is 0.654. The first kappa shape index (κ1) is 20.0. The van der Waals surface area contributed by atoms with Crippen molar-refractivity contribution in [1.82, 2.24) is 14.8 Å². The third kappa shape index (κ3) is 4.28. The number of piperazine rings is 1. The van der Waals surface area contributed by atoms with E-state index < -0.39 is 0 Å². The number of benzene rings is 1. The number of halogens is 1. The van der Waals surface area contributed by atoms with E-state index in [0.29, 0.717) is 41.9 Å². The second kappa shape index (κ2) is 8.67. The summed E-state index contributed by atoms with van der Waals surface area (Å²) in [6.45, 7) is 3.27. The standard InChI is InChI=1S/C24H27FN4O2/c25-17-6-8-18(9-7-17)26-23-20-10-15-31-22(20)16-21(27-23)24(30)29-13-11-28(12-14-29)19-4-2-1-3-5-19/h6-10,15-16,19H,1-5,11-14H2,(H,26,27). The van der Waals surface area contributed by atoms with Gasteiger partial charge in [-0.15, -0.1) is 0 Å². The van der Waals surface area contributed by atoms with Crippen LogP contribution in [0.15, 0.2) is 47.1 Å². The summed E-state index contributed by atoms with van der Waals surface area (Å²) in [7, 11) is 0. The topological polar surface area (TPSA) is 61.6 Å². The van der Waals surface area contributed by atoms with Gasteiger partial charge in [0.2, 0.25) is 0 Å². The molecule has 1 aliphatic carbocycles. The molecular formula is C24H27FN4O2. The van der Waals surface area contributed by atoms with E-state index in [9.17, 15) is 9.18 Å². The van der Waals surface area contributed by atoms with E-state index in [4.69, 9.17) is 4.42 Å². The molecular weight excluding hydrogens is 395 g/mol. The molecule has 2 aromatic heterocycles. The molecule has 0 unspecified atom stereocenters. The maximum absolute atomic E-state index is 13.2. The molecule has 1 N–H and O–H groups in total. The van der Waals surface area contributed by atoms with Crippen LogP contribution in [0.2, 0.25) is 0 Å². The van der Waals surface area contributed by atoms with Gasteiger partial charge in [-0.2, -0.15) is 0 Å². The molecule has 31 heavy (non-hydrogen) atoms. The van der Waals surface area contributed by atoms with Crippen LogP contribution in [0.1, 0.15) is 42.6 Å². The van der Waals surface area contributed by atoms with Crippen molar-refractivity contribution in [3.63, 3.8) is 0 Å². The van der Waals surface area contributed by atoms with Crippen LogP contribution < -0.4 is 5.32 Å². The third-order valence-electron chi connectivity index (χ3n) is 6.47. The number of pyridine rings is 1. The van der Waals surface area contributed by atoms with Crippen LogP contribution in [0.4, 0.5) is 15.9 Å². The van der Waals surface area contributed by atoms with Gasteiger partial charge in [-0.25, -0.2) is 9.37 Å². The maximum Gasteiger partial charge on any atom is 0.272 e. The van der Waals surface area contributed by atoms with Crippen molar-refractivity contribution in [1.29, 1.82) is 0 Å². The predicted molar refractivity (Wildman–Crippen MR) is 118 cm³/mol. The molecule has 3 aromatic rings. The predicted octanol–water partition coefficient (Wildman–Crippen LogP) is 4.80. The molecule has 162 valence electrons. The zero-order chi connectivity index (χ0) is 21.2. The molecule has 3 heterocycles. The Morgan fingerprint density at radius 2 is 1.77 bits per heavy atom. The summed E-state index contributed by atoms with van der Waals surface area (Å²) in [5, 5.41) is 3.97. The number of hydrogen-bond donors (Lipinski definition) is 1. The highest BCUT2D eigenvalue weighted by Gasteiger charge is 2.28. The molecule has 1 saturated heterocycles. The van der Waals surface area contributed by atoms with Crippen LogP contribution in [-0.2, 0) is 0 Å². The number of aromatic nitrogens is 1. The smallest absolute Gasteiger partial charge is 0.272 e. The summed E-state index contributed by atoms with van der Waals surface area (Å²) in [5.74, 6) is 0.147. The summed E-state index contributed by atoms with van der Waals surface area (Å²) in [6.07, 6.45) is 8.14. The highest BCUT2D eigenvalue weighted by molar-refractivity contribution is 5.99. The van der Waals surface area contributed by atoms with Gasteiger partial charge in [0, 0.05) is 44.0 Å². The first-order valence-corrected chi connectivity index (χ1v) is 11.1. The summed E-state index contributed by atoms with van der Waals surface area (Å²) in [6, 6.07) is 10.2. The average molecular weight is 423 g/mol. The van der Waals surface area contributed by atoms with Crippen molar-refractivity contribution in [3.05, 3.63) is 54.2 Å². The Bertz CT molecular complexity index is 1050. The maximum atomic E-state index is 13.2. The number of nitrogens with zero attached hydrogens (tertiary/aromatic N) is 3. The van der Waals surface area contributed by atoms with E-state index in [0.717, 1.165) is 18.5 Å². The van der Waals surface area contributed by atoms with Gasteiger partial charge >= 0.3 is 0 Å². The van der Waals surface area contributed by atoms with Crippen molar-refractivity contribution in [2.24, 2.45) is 0 Å². The molecule has 1 aromatic carbocycles. The number of carbonyl (C=O) groups excluding carboxylic acids is 1. The molecule has 7 heteroatoms.